The number of rotatable bonds is 4. The average Bonchev–Trinajstić information content (AvgIpc) is 3.37. The Bertz CT molecular complexity index is 1470. The van der Waals surface area contributed by atoms with Crippen molar-refractivity contribution in [2.75, 3.05) is 13.4 Å². The molecule has 3 aromatic rings. The SMILES string of the molecule is CCOC(=O)C1=C(C)N=c2s/c(=C/c3ccc4c(c3)OCO4)c(=O)n2C1c1ccc(F)cc1. The summed E-state index contributed by atoms with van der Waals surface area (Å²) in [5.41, 5.74) is 1.76. The van der Waals surface area contributed by atoms with Gasteiger partial charge in [-0.15, -0.1) is 0 Å². The van der Waals surface area contributed by atoms with Gasteiger partial charge in [0.2, 0.25) is 6.79 Å². The number of thiazole rings is 1. The van der Waals surface area contributed by atoms with E-state index in [0.29, 0.717) is 32.1 Å². The number of ether oxygens (including phenoxy) is 3. The van der Waals surface area contributed by atoms with E-state index in [1.54, 1.807) is 44.2 Å². The van der Waals surface area contributed by atoms with Crippen molar-refractivity contribution in [3.8, 4) is 11.5 Å². The lowest BCUT2D eigenvalue weighted by Crippen LogP contribution is -2.39. The molecule has 0 saturated heterocycles. The summed E-state index contributed by atoms with van der Waals surface area (Å²) in [5.74, 6) is 0.297. The molecular weight excluding hydrogens is 447 g/mol. The Balaban J connectivity index is 1.69. The topological polar surface area (TPSA) is 79.1 Å². The Morgan fingerprint density at radius 1 is 1.24 bits per heavy atom. The number of carbonyl (C=O) groups excluding carboxylic acids is 1. The Morgan fingerprint density at radius 3 is 2.76 bits per heavy atom. The molecule has 3 heterocycles. The normalized spacial score (nSPS) is 17.1. The van der Waals surface area contributed by atoms with E-state index in [0.717, 1.165) is 5.56 Å². The maximum absolute atomic E-state index is 13.6. The van der Waals surface area contributed by atoms with Crippen LogP contribution >= 0.6 is 11.3 Å². The van der Waals surface area contributed by atoms with Crippen LogP contribution in [0.3, 0.4) is 0 Å². The maximum atomic E-state index is 13.6. The van der Waals surface area contributed by atoms with Crippen LogP contribution in [0.4, 0.5) is 4.39 Å². The molecule has 1 unspecified atom stereocenters. The first-order valence-electron chi connectivity index (χ1n) is 10.3. The van der Waals surface area contributed by atoms with E-state index < -0.39 is 17.8 Å². The van der Waals surface area contributed by atoms with E-state index in [-0.39, 0.29) is 24.5 Å². The minimum Gasteiger partial charge on any atom is -0.463 e. The van der Waals surface area contributed by atoms with E-state index in [9.17, 15) is 14.0 Å². The number of halogens is 1. The van der Waals surface area contributed by atoms with Crippen LogP contribution in [0.2, 0.25) is 0 Å². The van der Waals surface area contributed by atoms with Gasteiger partial charge >= 0.3 is 5.97 Å². The number of benzene rings is 2. The molecule has 9 heteroatoms. The molecule has 2 aromatic carbocycles. The first-order chi connectivity index (χ1) is 16.0. The molecule has 0 saturated carbocycles. The molecule has 0 aliphatic carbocycles. The molecule has 0 bridgehead atoms. The van der Waals surface area contributed by atoms with Gasteiger partial charge in [0.1, 0.15) is 5.82 Å². The molecule has 0 N–H and O–H groups in total. The quantitative estimate of drug-likeness (QED) is 0.553. The van der Waals surface area contributed by atoms with Gasteiger partial charge in [0.15, 0.2) is 16.3 Å². The summed E-state index contributed by atoms with van der Waals surface area (Å²) < 4.78 is 31.5. The predicted molar refractivity (Wildman–Crippen MR) is 119 cm³/mol. The van der Waals surface area contributed by atoms with Gasteiger partial charge in [-0.3, -0.25) is 9.36 Å². The number of hydrogen-bond acceptors (Lipinski definition) is 7. The van der Waals surface area contributed by atoms with Crippen molar-refractivity contribution < 1.29 is 23.4 Å². The first-order valence-corrected chi connectivity index (χ1v) is 11.1. The summed E-state index contributed by atoms with van der Waals surface area (Å²) in [5, 5.41) is 0. The largest absolute Gasteiger partial charge is 0.463 e. The van der Waals surface area contributed by atoms with Crippen molar-refractivity contribution in [1.82, 2.24) is 4.57 Å². The van der Waals surface area contributed by atoms with Crippen LogP contribution in [-0.2, 0) is 9.53 Å². The van der Waals surface area contributed by atoms with E-state index in [1.165, 1.54) is 28.0 Å². The van der Waals surface area contributed by atoms with Crippen molar-refractivity contribution in [3.63, 3.8) is 0 Å². The highest BCUT2D eigenvalue weighted by Crippen LogP contribution is 2.33. The molecule has 0 fully saturated rings. The highest BCUT2D eigenvalue weighted by molar-refractivity contribution is 7.07. The second-order valence-corrected chi connectivity index (χ2v) is 8.48. The summed E-state index contributed by atoms with van der Waals surface area (Å²) in [6.45, 7) is 3.76. The zero-order valence-electron chi connectivity index (χ0n) is 17.8. The van der Waals surface area contributed by atoms with E-state index >= 15 is 0 Å². The smallest absolute Gasteiger partial charge is 0.338 e. The average molecular weight is 466 g/mol. The van der Waals surface area contributed by atoms with Gasteiger partial charge in [-0.2, -0.15) is 0 Å². The number of carbonyl (C=O) groups is 1. The summed E-state index contributed by atoms with van der Waals surface area (Å²) in [6.07, 6.45) is 1.75. The highest BCUT2D eigenvalue weighted by atomic mass is 32.1. The van der Waals surface area contributed by atoms with E-state index in [2.05, 4.69) is 4.99 Å². The number of nitrogens with zero attached hydrogens (tertiary/aromatic N) is 2. The summed E-state index contributed by atoms with van der Waals surface area (Å²) in [4.78, 5) is 31.3. The number of allylic oxidation sites excluding steroid dienone is 1. The van der Waals surface area contributed by atoms with Gasteiger partial charge in [-0.1, -0.05) is 29.5 Å². The maximum Gasteiger partial charge on any atom is 0.338 e. The summed E-state index contributed by atoms with van der Waals surface area (Å²) >= 11 is 1.22. The van der Waals surface area contributed by atoms with E-state index in [4.69, 9.17) is 14.2 Å². The molecule has 2 aliphatic rings. The molecule has 7 nitrogen and oxygen atoms in total. The lowest BCUT2D eigenvalue weighted by Gasteiger charge is -2.24. The predicted octanol–water partition coefficient (Wildman–Crippen LogP) is 2.67. The molecule has 2 aliphatic heterocycles. The fourth-order valence-corrected chi connectivity index (χ4v) is 4.95. The third-order valence-corrected chi connectivity index (χ3v) is 6.38. The van der Waals surface area contributed by atoms with Crippen molar-refractivity contribution in [1.29, 1.82) is 0 Å². The zero-order chi connectivity index (χ0) is 23.1. The van der Waals surface area contributed by atoms with Crippen molar-refractivity contribution in [3.05, 3.63) is 90.4 Å². The van der Waals surface area contributed by atoms with Crippen LogP contribution in [-0.4, -0.2) is 23.9 Å². The third kappa shape index (κ3) is 3.74. The first kappa shape index (κ1) is 21.1. The van der Waals surface area contributed by atoms with Crippen LogP contribution < -0.4 is 24.4 Å². The Labute approximate surface area is 191 Å². The summed E-state index contributed by atoms with van der Waals surface area (Å²) in [7, 11) is 0. The van der Waals surface area contributed by atoms with Crippen LogP contribution in [0.15, 0.2) is 63.5 Å². The molecule has 0 spiro atoms. The fourth-order valence-electron chi connectivity index (χ4n) is 3.91. The van der Waals surface area contributed by atoms with Crippen molar-refractivity contribution in [2.24, 2.45) is 4.99 Å². The standard InChI is InChI=1S/C24H19FN2O5S/c1-3-30-23(29)20-13(2)26-24-27(21(20)15-5-7-16(25)8-6-15)22(28)19(33-24)11-14-4-9-17-18(10-14)32-12-31-17/h4-11,21H,3,12H2,1-2H3/b19-11+. The van der Waals surface area contributed by atoms with Gasteiger partial charge in [-0.25, -0.2) is 14.2 Å². The molecule has 33 heavy (non-hydrogen) atoms. The van der Waals surface area contributed by atoms with Crippen LogP contribution in [0.1, 0.15) is 31.0 Å². The number of aromatic nitrogens is 1. The van der Waals surface area contributed by atoms with Gasteiger partial charge < -0.3 is 14.2 Å². The van der Waals surface area contributed by atoms with Crippen LogP contribution in [0.25, 0.3) is 6.08 Å². The second kappa shape index (κ2) is 8.32. The Morgan fingerprint density at radius 2 is 2.00 bits per heavy atom. The Kier molecular flexibility index (Phi) is 5.33. The van der Waals surface area contributed by atoms with Crippen molar-refractivity contribution in [2.45, 2.75) is 19.9 Å². The molecular formula is C24H19FN2O5S. The number of esters is 1. The second-order valence-electron chi connectivity index (χ2n) is 7.47. The number of hydrogen-bond donors (Lipinski definition) is 0. The fraction of sp³-hybridized carbons (Fsp3) is 0.208. The van der Waals surface area contributed by atoms with Crippen LogP contribution in [0.5, 0.6) is 11.5 Å². The zero-order valence-corrected chi connectivity index (χ0v) is 18.6. The van der Waals surface area contributed by atoms with E-state index in [1.807, 2.05) is 6.07 Å². The minimum absolute atomic E-state index is 0.161. The van der Waals surface area contributed by atoms with Gasteiger partial charge in [0, 0.05) is 0 Å². The van der Waals surface area contributed by atoms with Gasteiger partial charge in [-0.05, 0) is 55.3 Å². The van der Waals surface area contributed by atoms with Crippen LogP contribution in [0, 0.1) is 5.82 Å². The van der Waals surface area contributed by atoms with Gasteiger partial charge in [0.05, 0.1) is 28.5 Å². The van der Waals surface area contributed by atoms with Crippen molar-refractivity contribution >= 4 is 23.4 Å². The molecule has 5 rings (SSSR count). The molecule has 0 radical (unpaired) electrons. The minimum atomic E-state index is -0.778. The third-order valence-electron chi connectivity index (χ3n) is 5.40. The molecule has 168 valence electrons. The molecule has 1 aromatic heterocycles. The lowest BCUT2D eigenvalue weighted by atomic mass is 9.96. The number of fused-ring (bicyclic) bond motifs is 2. The lowest BCUT2D eigenvalue weighted by molar-refractivity contribution is -0.139. The summed E-state index contributed by atoms with van der Waals surface area (Å²) in [6, 6.07) is 10.4. The monoisotopic (exact) mass is 466 g/mol. The highest BCUT2D eigenvalue weighted by Gasteiger charge is 2.33. The van der Waals surface area contributed by atoms with Gasteiger partial charge in [0.25, 0.3) is 5.56 Å². The molecule has 1 atom stereocenters. The Hall–Kier alpha value is -3.72. The molecule has 0 amide bonds.